The number of carbonyl (C=O) groups excluding carboxylic acids is 1. The molecule has 0 atom stereocenters. The van der Waals surface area contributed by atoms with Gasteiger partial charge < -0.3 is 10.6 Å². The summed E-state index contributed by atoms with van der Waals surface area (Å²) >= 11 is 0. The molecule has 1 fully saturated rings. The molecule has 104 valence electrons. The van der Waals surface area contributed by atoms with Gasteiger partial charge >= 0.3 is 0 Å². The summed E-state index contributed by atoms with van der Waals surface area (Å²) in [5.74, 6) is -0.0356. The predicted octanol–water partition coefficient (Wildman–Crippen LogP) is 2.12. The minimum absolute atomic E-state index is 0.0356. The van der Waals surface area contributed by atoms with Crippen LogP contribution in [0.5, 0.6) is 0 Å². The second-order valence-electron chi connectivity index (χ2n) is 6.71. The zero-order valence-electron chi connectivity index (χ0n) is 12.2. The summed E-state index contributed by atoms with van der Waals surface area (Å²) in [7, 11) is 0. The monoisotopic (exact) mass is 261 g/mol. The van der Waals surface area contributed by atoms with E-state index in [1.54, 1.807) is 24.5 Å². The van der Waals surface area contributed by atoms with Gasteiger partial charge in [-0.3, -0.25) is 9.78 Å². The number of aromatic nitrogens is 1. The molecule has 2 N–H and O–H groups in total. The lowest BCUT2D eigenvalue weighted by Crippen LogP contribution is -2.62. The number of hydrogen-bond acceptors (Lipinski definition) is 3. The van der Waals surface area contributed by atoms with Crippen LogP contribution in [0, 0.1) is 0 Å². The predicted molar refractivity (Wildman–Crippen MR) is 76.0 cm³/mol. The van der Waals surface area contributed by atoms with Crippen molar-refractivity contribution < 1.29 is 4.79 Å². The molecule has 0 spiro atoms. The number of rotatable bonds is 2. The van der Waals surface area contributed by atoms with E-state index in [2.05, 4.69) is 43.3 Å². The molecule has 4 heteroatoms. The van der Waals surface area contributed by atoms with E-state index in [1.165, 1.54) is 0 Å². The largest absolute Gasteiger partial charge is 0.349 e. The Balaban J connectivity index is 2.05. The van der Waals surface area contributed by atoms with Gasteiger partial charge in [0.15, 0.2) is 0 Å². The third-order valence-corrected chi connectivity index (χ3v) is 3.45. The molecule has 2 rings (SSSR count). The van der Waals surface area contributed by atoms with Crippen LogP contribution < -0.4 is 10.6 Å². The van der Waals surface area contributed by atoms with E-state index < -0.39 is 0 Å². The van der Waals surface area contributed by atoms with Gasteiger partial charge in [0.1, 0.15) is 0 Å². The van der Waals surface area contributed by atoms with Crippen LogP contribution in [0.25, 0.3) is 0 Å². The van der Waals surface area contributed by atoms with E-state index in [4.69, 9.17) is 0 Å². The first kappa shape index (κ1) is 14.0. The van der Waals surface area contributed by atoms with Crippen molar-refractivity contribution in [2.24, 2.45) is 0 Å². The summed E-state index contributed by atoms with van der Waals surface area (Å²) in [6, 6.07) is 3.77. The molecule has 1 aliphatic rings. The van der Waals surface area contributed by atoms with Gasteiger partial charge in [-0.25, -0.2) is 0 Å². The first-order valence-electron chi connectivity index (χ1n) is 6.78. The molecule has 1 saturated heterocycles. The summed E-state index contributed by atoms with van der Waals surface area (Å²) in [4.78, 5) is 16.1. The molecule has 1 amide bonds. The van der Waals surface area contributed by atoms with Gasteiger partial charge in [-0.2, -0.15) is 0 Å². The third kappa shape index (κ3) is 3.77. The fourth-order valence-corrected chi connectivity index (χ4v) is 3.19. The van der Waals surface area contributed by atoms with Crippen molar-refractivity contribution in [3.05, 3.63) is 30.1 Å². The van der Waals surface area contributed by atoms with Crippen molar-refractivity contribution in [3.63, 3.8) is 0 Å². The van der Waals surface area contributed by atoms with Crippen LogP contribution in [0.1, 0.15) is 50.9 Å². The van der Waals surface area contributed by atoms with Gasteiger partial charge in [0.2, 0.25) is 0 Å². The van der Waals surface area contributed by atoms with Crippen molar-refractivity contribution in [3.8, 4) is 0 Å². The first-order valence-corrected chi connectivity index (χ1v) is 6.78. The summed E-state index contributed by atoms with van der Waals surface area (Å²) in [5, 5.41) is 6.74. The molecule has 19 heavy (non-hydrogen) atoms. The van der Waals surface area contributed by atoms with Crippen molar-refractivity contribution in [2.75, 3.05) is 0 Å². The molecule has 0 aliphatic carbocycles. The number of carbonyl (C=O) groups is 1. The highest BCUT2D eigenvalue weighted by molar-refractivity contribution is 5.94. The van der Waals surface area contributed by atoms with Crippen LogP contribution in [0.15, 0.2) is 24.5 Å². The van der Waals surface area contributed by atoms with Gasteiger partial charge in [-0.15, -0.1) is 0 Å². The third-order valence-electron chi connectivity index (χ3n) is 3.45. The maximum Gasteiger partial charge on any atom is 0.253 e. The van der Waals surface area contributed by atoms with Gasteiger partial charge in [0.25, 0.3) is 5.91 Å². The molecule has 1 aromatic rings. The van der Waals surface area contributed by atoms with Crippen LogP contribution in [-0.2, 0) is 0 Å². The topological polar surface area (TPSA) is 54.0 Å². The Morgan fingerprint density at radius 3 is 2.47 bits per heavy atom. The number of nitrogens with zero attached hydrogens (tertiary/aromatic N) is 1. The van der Waals surface area contributed by atoms with E-state index in [-0.39, 0.29) is 23.0 Å². The Morgan fingerprint density at radius 2 is 1.95 bits per heavy atom. The van der Waals surface area contributed by atoms with E-state index in [1.807, 2.05) is 0 Å². The van der Waals surface area contributed by atoms with E-state index >= 15 is 0 Å². The zero-order chi connectivity index (χ0) is 14.1. The molecule has 2 heterocycles. The minimum atomic E-state index is -0.0356. The summed E-state index contributed by atoms with van der Waals surface area (Å²) in [6.07, 6.45) is 5.14. The summed E-state index contributed by atoms with van der Waals surface area (Å²) in [6.45, 7) is 8.71. The number of piperidine rings is 1. The SMILES string of the molecule is CC1(C)CC(NC(=O)c2cccnc2)CC(C)(C)N1. The normalized spacial score (nSPS) is 21.9. The van der Waals surface area contributed by atoms with Crippen LogP contribution in [0.4, 0.5) is 0 Å². The average Bonchev–Trinajstić information content (AvgIpc) is 2.25. The van der Waals surface area contributed by atoms with Gasteiger partial charge in [-0.1, -0.05) is 0 Å². The second kappa shape index (κ2) is 4.93. The van der Waals surface area contributed by atoms with Gasteiger partial charge in [0.05, 0.1) is 5.56 Å². The quantitative estimate of drug-likeness (QED) is 0.857. The smallest absolute Gasteiger partial charge is 0.253 e. The zero-order valence-corrected chi connectivity index (χ0v) is 12.2. The average molecular weight is 261 g/mol. The Labute approximate surface area is 115 Å². The first-order chi connectivity index (χ1) is 8.77. The molecule has 0 saturated carbocycles. The molecular weight excluding hydrogens is 238 g/mol. The van der Waals surface area contributed by atoms with Crippen molar-refractivity contribution >= 4 is 5.91 Å². The van der Waals surface area contributed by atoms with Crippen LogP contribution in [0.2, 0.25) is 0 Å². The lowest BCUT2D eigenvalue weighted by molar-refractivity contribution is 0.0873. The maximum atomic E-state index is 12.2. The van der Waals surface area contributed by atoms with Gasteiger partial charge in [-0.05, 0) is 52.7 Å². The Morgan fingerprint density at radius 1 is 1.32 bits per heavy atom. The number of nitrogens with one attached hydrogen (secondary N) is 2. The van der Waals surface area contributed by atoms with E-state index in [0.717, 1.165) is 12.8 Å². The molecule has 0 radical (unpaired) electrons. The molecule has 0 aromatic carbocycles. The molecule has 1 aromatic heterocycles. The Hall–Kier alpha value is -1.42. The van der Waals surface area contributed by atoms with E-state index in [0.29, 0.717) is 5.56 Å². The molecule has 1 aliphatic heterocycles. The lowest BCUT2D eigenvalue weighted by atomic mass is 9.79. The molecule has 0 unspecified atom stereocenters. The fraction of sp³-hybridized carbons (Fsp3) is 0.600. The van der Waals surface area contributed by atoms with Crippen LogP contribution >= 0.6 is 0 Å². The summed E-state index contributed by atoms with van der Waals surface area (Å²) < 4.78 is 0. The molecular formula is C15H23N3O. The highest BCUT2D eigenvalue weighted by Crippen LogP contribution is 2.28. The van der Waals surface area contributed by atoms with Crippen LogP contribution in [-0.4, -0.2) is 28.0 Å². The lowest BCUT2D eigenvalue weighted by Gasteiger charge is -2.46. The number of hydrogen-bond donors (Lipinski definition) is 2. The standard InChI is InChI=1S/C15H23N3O/c1-14(2)8-12(9-15(3,4)18-14)17-13(19)11-6-5-7-16-10-11/h5-7,10,12,18H,8-9H2,1-4H3,(H,17,19). The highest BCUT2D eigenvalue weighted by Gasteiger charge is 2.38. The van der Waals surface area contributed by atoms with Crippen LogP contribution in [0.3, 0.4) is 0 Å². The summed E-state index contributed by atoms with van der Waals surface area (Å²) in [5.41, 5.74) is 0.695. The Kier molecular flexibility index (Phi) is 3.63. The minimum Gasteiger partial charge on any atom is -0.349 e. The van der Waals surface area contributed by atoms with Crippen molar-refractivity contribution in [1.82, 2.24) is 15.6 Å². The molecule has 0 bridgehead atoms. The number of pyridine rings is 1. The molecule has 4 nitrogen and oxygen atoms in total. The second-order valence-corrected chi connectivity index (χ2v) is 6.71. The van der Waals surface area contributed by atoms with E-state index in [9.17, 15) is 4.79 Å². The number of amides is 1. The van der Waals surface area contributed by atoms with Crippen molar-refractivity contribution in [2.45, 2.75) is 57.7 Å². The fourth-order valence-electron chi connectivity index (χ4n) is 3.19. The van der Waals surface area contributed by atoms with Crippen molar-refractivity contribution in [1.29, 1.82) is 0 Å². The maximum absolute atomic E-state index is 12.2. The van der Waals surface area contributed by atoms with Gasteiger partial charge in [0, 0.05) is 29.5 Å². The highest BCUT2D eigenvalue weighted by atomic mass is 16.1. The Bertz CT molecular complexity index is 438.